The summed E-state index contributed by atoms with van der Waals surface area (Å²) in [5, 5.41) is 5.59. The molecular formula is C12H19NS. The molecule has 2 rings (SSSR count). The van der Waals surface area contributed by atoms with Gasteiger partial charge < -0.3 is 5.32 Å². The molecule has 1 fully saturated rings. The van der Waals surface area contributed by atoms with Gasteiger partial charge in [0.2, 0.25) is 0 Å². The van der Waals surface area contributed by atoms with Crippen molar-refractivity contribution in [3.63, 3.8) is 0 Å². The van der Waals surface area contributed by atoms with Gasteiger partial charge in [0, 0.05) is 18.0 Å². The van der Waals surface area contributed by atoms with Gasteiger partial charge in [-0.3, -0.25) is 0 Å². The van der Waals surface area contributed by atoms with Crippen molar-refractivity contribution in [3.8, 4) is 0 Å². The molecule has 0 amide bonds. The molecule has 0 aliphatic carbocycles. The van der Waals surface area contributed by atoms with E-state index >= 15 is 0 Å². The predicted molar refractivity (Wildman–Crippen MR) is 62.8 cm³/mol. The fourth-order valence-electron chi connectivity index (χ4n) is 2.15. The second-order valence-electron chi connectivity index (χ2n) is 4.70. The molecule has 1 nitrogen and oxygen atoms in total. The quantitative estimate of drug-likeness (QED) is 0.804. The summed E-state index contributed by atoms with van der Waals surface area (Å²) in [5.41, 5.74) is 0.587. The maximum atomic E-state index is 3.42. The third-order valence-corrected chi connectivity index (χ3v) is 4.56. The lowest BCUT2D eigenvalue weighted by Crippen LogP contribution is -2.56. The minimum atomic E-state index is 0.587. The van der Waals surface area contributed by atoms with E-state index in [4.69, 9.17) is 0 Å². The van der Waals surface area contributed by atoms with Crippen LogP contribution in [0.15, 0.2) is 17.5 Å². The van der Waals surface area contributed by atoms with Crippen LogP contribution in [-0.2, 0) is 6.42 Å². The number of hydrogen-bond acceptors (Lipinski definition) is 2. The van der Waals surface area contributed by atoms with E-state index in [1.807, 2.05) is 11.3 Å². The standard InChI is InChI=1S/C12H19NS/c1-10(2)12(8-13-9-12)6-5-11-4-3-7-14-11/h3-4,7,10,13H,5-6,8-9H2,1-2H3. The van der Waals surface area contributed by atoms with Gasteiger partial charge in [0.05, 0.1) is 0 Å². The van der Waals surface area contributed by atoms with Crippen molar-refractivity contribution in [1.29, 1.82) is 0 Å². The Morgan fingerprint density at radius 2 is 2.29 bits per heavy atom. The second-order valence-corrected chi connectivity index (χ2v) is 5.73. The molecule has 1 aromatic rings. The van der Waals surface area contributed by atoms with Crippen LogP contribution in [-0.4, -0.2) is 13.1 Å². The summed E-state index contributed by atoms with van der Waals surface area (Å²) < 4.78 is 0. The van der Waals surface area contributed by atoms with Crippen molar-refractivity contribution >= 4 is 11.3 Å². The molecule has 1 N–H and O–H groups in total. The third kappa shape index (κ3) is 1.86. The lowest BCUT2D eigenvalue weighted by atomic mass is 9.69. The number of nitrogens with one attached hydrogen (secondary N) is 1. The zero-order valence-corrected chi connectivity index (χ0v) is 9.86. The van der Waals surface area contributed by atoms with Crippen LogP contribution in [0.2, 0.25) is 0 Å². The van der Waals surface area contributed by atoms with Gasteiger partial charge in [0.15, 0.2) is 0 Å². The Kier molecular flexibility index (Phi) is 2.93. The molecule has 0 aromatic carbocycles. The fraction of sp³-hybridized carbons (Fsp3) is 0.667. The molecular weight excluding hydrogens is 190 g/mol. The maximum absolute atomic E-state index is 3.42. The van der Waals surface area contributed by atoms with Crippen LogP contribution in [0.5, 0.6) is 0 Å². The third-order valence-electron chi connectivity index (χ3n) is 3.63. The van der Waals surface area contributed by atoms with Crippen LogP contribution >= 0.6 is 11.3 Å². The van der Waals surface area contributed by atoms with E-state index in [0.29, 0.717) is 5.41 Å². The van der Waals surface area contributed by atoms with Crippen LogP contribution < -0.4 is 5.32 Å². The minimum absolute atomic E-state index is 0.587. The first-order valence-electron chi connectivity index (χ1n) is 5.46. The number of rotatable bonds is 4. The van der Waals surface area contributed by atoms with E-state index in [0.717, 1.165) is 5.92 Å². The highest BCUT2D eigenvalue weighted by molar-refractivity contribution is 7.09. The molecule has 2 heterocycles. The molecule has 2 heteroatoms. The topological polar surface area (TPSA) is 12.0 Å². The summed E-state index contributed by atoms with van der Waals surface area (Å²) in [6.45, 7) is 7.15. The Morgan fingerprint density at radius 3 is 2.71 bits per heavy atom. The molecule has 0 radical (unpaired) electrons. The van der Waals surface area contributed by atoms with Gasteiger partial charge in [-0.05, 0) is 35.6 Å². The first-order valence-corrected chi connectivity index (χ1v) is 6.34. The summed E-state index contributed by atoms with van der Waals surface area (Å²) in [6, 6.07) is 4.41. The van der Waals surface area contributed by atoms with Crippen LogP contribution in [0, 0.1) is 11.3 Å². The van der Waals surface area contributed by atoms with E-state index in [1.54, 1.807) is 0 Å². The molecule has 1 aliphatic rings. The average Bonchev–Trinajstić information content (AvgIpc) is 2.53. The fourth-order valence-corrected chi connectivity index (χ4v) is 2.86. The Bertz CT molecular complexity index is 273. The molecule has 1 aromatic heterocycles. The van der Waals surface area contributed by atoms with Crippen LogP contribution in [0.4, 0.5) is 0 Å². The molecule has 0 spiro atoms. The molecule has 1 aliphatic heterocycles. The lowest BCUT2D eigenvalue weighted by molar-refractivity contribution is 0.0881. The zero-order chi connectivity index (χ0) is 10.0. The van der Waals surface area contributed by atoms with Crippen molar-refractivity contribution in [2.24, 2.45) is 11.3 Å². The molecule has 1 saturated heterocycles. The Labute approximate surface area is 90.5 Å². The van der Waals surface area contributed by atoms with Crippen molar-refractivity contribution < 1.29 is 0 Å². The maximum Gasteiger partial charge on any atom is 0.00454 e. The smallest absolute Gasteiger partial charge is 0.00454 e. The van der Waals surface area contributed by atoms with E-state index in [2.05, 4.69) is 36.7 Å². The van der Waals surface area contributed by atoms with Gasteiger partial charge in [-0.1, -0.05) is 19.9 Å². The molecule has 0 saturated carbocycles. The number of thiophene rings is 1. The number of aryl methyl sites for hydroxylation is 1. The first-order chi connectivity index (χ1) is 6.73. The summed E-state index contributed by atoms with van der Waals surface area (Å²) in [7, 11) is 0. The highest BCUT2D eigenvalue weighted by atomic mass is 32.1. The molecule has 0 unspecified atom stereocenters. The van der Waals surface area contributed by atoms with Gasteiger partial charge in [-0.2, -0.15) is 0 Å². The first kappa shape index (κ1) is 10.2. The summed E-state index contributed by atoms with van der Waals surface area (Å²) in [5.74, 6) is 0.809. The van der Waals surface area contributed by atoms with E-state index in [9.17, 15) is 0 Å². The largest absolute Gasteiger partial charge is 0.316 e. The zero-order valence-electron chi connectivity index (χ0n) is 9.05. The molecule has 14 heavy (non-hydrogen) atoms. The van der Waals surface area contributed by atoms with Crippen molar-refractivity contribution in [1.82, 2.24) is 5.32 Å². The van der Waals surface area contributed by atoms with Crippen molar-refractivity contribution in [2.45, 2.75) is 26.7 Å². The Hall–Kier alpha value is -0.340. The van der Waals surface area contributed by atoms with Gasteiger partial charge in [-0.15, -0.1) is 11.3 Å². The molecule has 78 valence electrons. The Morgan fingerprint density at radius 1 is 1.50 bits per heavy atom. The summed E-state index contributed by atoms with van der Waals surface area (Å²) >= 11 is 1.89. The van der Waals surface area contributed by atoms with E-state index < -0.39 is 0 Å². The Balaban J connectivity index is 1.90. The van der Waals surface area contributed by atoms with Gasteiger partial charge >= 0.3 is 0 Å². The van der Waals surface area contributed by atoms with Crippen molar-refractivity contribution in [3.05, 3.63) is 22.4 Å². The number of hydrogen-bond donors (Lipinski definition) is 1. The normalized spacial score (nSPS) is 19.6. The summed E-state index contributed by atoms with van der Waals surface area (Å²) in [4.78, 5) is 1.54. The molecule has 0 atom stereocenters. The van der Waals surface area contributed by atoms with Crippen LogP contribution in [0.1, 0.15) is 25.1 Å². The van der Waals surface area contributed by atoms with E-state index in [1.165, 1.54) is 30.8 Å². The van der Waals surface area contributed by atoms with Crippen molar-refractivity contribution in [2.75, 3.05) is 13.1 Å². The van der Waals surface area contributed by atoms with Gasteiger partial charge in [0.25, 0.3) is 0 Å². The highest BCUT2D eigenvalue weighted by Gasteiger charge is 2.39. The molecule has 0 bridgehead atoms. The van der Waals surface area contributed by atoms with Gasteiger partial charge in [0.1, 0.15) is 0 Å². The highest BCUT2D eigenvalue weighted by Crippen LogP contribution is 2.36. The summed E-state index contributed by atoms with van der Waals surface area (Å²) in [6.07, 6.45) is 2.61. The van der Waals surface area contributed by atoms with Gasteiger partial charge in [-0.25, -0.2) is 0 Å². The SMILES string of the molecule is CC(C)C1(CCc2cccs2)CNC1. The van der Waals surface area contributed by atoms with E-state index in [-0.39, 0.29) is 0 Å². The average molecular weight is 209 g/mol. The predicted octanol–water partition coefficient (Wildman–Crippen LogP) is 2.93. The lowest BCUT2D eigenvalue weighted by Gasteiger charge is -2.46. The second kappa shape index (κ2) is 4.03. The van der Waals surface area contributed by atoms with Crippen LogP contribution in [0.25, 0.3) is 0 Å². The minimum Gasteiger partial charge on any atom is -0.316 e. The van der Waals surface area contributed by atoms with Crippen LogP contribution in [0.3, 0.4) is 0 Å². The monoisotopic (exact) mass is 209 g/mol.